The van der Waals surface area contributed by atoms with Crippen molar-refractivity contribution < 1.29 is 0 Å². The number of nitrogens with two attached hydrogens (primary N) is 1. The van der Waals surface area contributed by atoms with Gasteiger partial charge in [-0.25, -0.2) is 0 Å². The molecule has 1 aliphatic carbocycles. The molecule has 0 atom stereocenters. The summed E-state index contributed by atoms with van der Waals surface area (Å²) < 4.78 is 0. The molecule has 0 saturated heterocycles. The molecule has 2 rings (SSSR count). The summed E-state index contributed by atoms with van der Waals surface area (Å²) >= 11 is 1.95. The van der Waals surface area contributed by atoms with Gasteiger partial charge in [-0.3, -0.25) is 4.98 Å². The maximum atomic E-state index is 5.57. The topological polar surface area (TPSA) is 38.9 Å². The molecular weight excluding hydrogens is 204 g/mol. The first-order chi connectivity index (χ1) is 7.38. The molecule has 0 spiro atoms. The Hall–Kier alpha value is -0.540. The molecule has 1 saturated carbocycles. The van der Waals surface area contributed by atoms with Crippen LogP contribution in [0.3, 0.4) is 0 Å². The number of nitrogens with zero attached hydrogens (tertiary/aromatic N) is 1. The van der Waals surface area contributed by atoms with Gasteiger partial charge in [0.25, 0.3) is 0 Å². The molecule has 0 radical (unpaired) electrons. The largest absolute Gasteiger partial charge is 0.325 e. The van der Waals surface area contributed by atoms with Gasteiger partial charge in [0.2, 0.25) is 0 Å². The van der Waals surface area contributed by atoms with Gasteiger partial charge < -0.3 is 5.73 Å². The summed E-state index contributed by atoms with van der Waals surface area (Å²) in [6, 6.07) is 4.19. The molecule has 15 heavy (non-hydrogen) atoms. The fourth-order valence-corrected chi connectivity index (χ4v) is 3.19. The molecule has 82 valence electrons. The zero-order valence-electron chi connectivity index (χ0n) is 8.98. The molecule has 2 N–H and O–H groups in total. The van der Waals surface area contributed by atoms with Crippen LogP contribution in [0.4, 0.5) is 0 Å². The monoisotopic (exact) mass is 222 g/mol. The number of hydrogen-bond acceptors (Lipinski definition) is 3. The summed E-state index contributed by atoms with van der Waals surface area (Å²) in [6.45, 7) is 0.540. The lowest BCUT2D eigenvalue weighted by atomic mass is 10.1. The average Bonchev–Trinajstić information content (AvgIpc) is 2.79. The van der Waals surface area contributed by atoms with E-state index in [1.54, 1.807) is 0 Å². The predicted octanol–water partition coefficient (Wildman–Crippen LogP) is 2.82. The van der Waals surface area contributed by atoms with Crippen LogP contribution in [0.15, 0.2) is 23.2 Å². The van der Waals surface area contributed by atoms with Crippen LogP contribution in [0.1, 0.15) is 31.4 Å². The van der Waals surface area contributed by atoms with Crippen LogP contribution in [0.5, 0.6) is 0 Å². The molecule has 2 nitrogen and oxygen atoms in total. The van der Waals surface area contributed by atoms with E-state index in [9.17, 15) is 0 Å². The maximum Gasteiger partial charge on any atom is 0.0550 e. The fourth-order valence-electron chi connectivity index (χ4n) is 2.05. The van der Waals surface area contributed by atoms with E-state index in [1.165, 1.54) is 36.3 Å². The summed E-state index contributed by atoms with van der Waals surface area (Å²) in [5.74, 6) is 2.19. The third kappa shape index (κ3) is 3.21. The number of thioether (sulfide) groups is 1. The molecule has 0 unspecified atom stereocenters. The van der Waals surface area contributed by atoms with E-state index < -0.39 is 0 Å². The second-order valence-electron chi connectivity index (χ2n) is 4.15. The third-order valence-corrected chi connectivity index (χ3v) is 4.18. The molecule has 0 aromatic carbocycles. The third-order valence-electron chi connectivity index (χ3n) is 2.96. The first-order valence-corrected chi connectivity index (χ1v) is 6.65. The molecule has 1 fully saturated rings. The van der Waals surface area contributed by atoms with Crippen LogP contribution >= 0.6 is 11.8 Å². The van der Waals surface area contributed by atoms with Crippen LogP contribution < -0.4 is 5.73 Å². The Morgan fingerprint density at radius 1 is 1.40 bits per heavy atom. The van der Waals surface area contributed by atoms with E-state index in [0.717, 1.165) is 11.6 Å². The van der Waals surface area contributed by atoms with Crippen LogP contribution in [0, 0.1) is 5.92 Å². The lowest BCUT2D eigenvalue weighted by Crippen LogP contribution is -2.00. The van der Waals surface area contributed by atoms with Crippen molar-refractivity contribution in [2.24, 2.45) is 11.7 Å². The van der Waals surface area contributed by atoms with Gasteiger partial charge in [-0.1, -0.05) is 12.8 Å². The van der Waals surface area contributed by atoms with Crippen molar-refractivity contribution in [3.8, 4) is 0 Å². The molecule has 1 heterocycles. The quantitative estimate of drug-likeness (QED) is 0.796. The van der Waals surface area contributed by atoms with E-state index in [4.69, 9.17) is 5.73 Å². The summed E-state index contributed by atoms with van der Waals surface area (Å²) in [6.07, 6.45) is 7.55. The Balaban J connectivity index is 1.86. The maximum absolute atomic E-state index is 5.57. The van der Waals surface area contributed by atoms with Crippen molar-refractivity contribution in [3.63, 3.8) is 0 Å². The molecule has 0 amide bonds. The summed E-state index contributed by atoms with van der Waals surface area (Å²) in [5, 5.41) is 0. The van der Waals surface area contributed by atoms with E-state index in [2.05, 4.69) is 17.1 Å². The van der Waals surface area contributed by atoms with E-state index in [1.807, 2.05) is 18.0 Å². The molecule has 1 aromatic heterocycles. The van der Waals surface area contributed by atoms with Crippen molar-refractivity contribution in [3.05, 3.63) is 24.0 Å². The number of aromatic nitrogens is 1. The lowest BCUT2D eigenvalue weighted by Gasteiger charge is -2.08. The smallest absolute Gasteiger partial charge is 0.0550 e. The Bertz CT molecular complexity index is 308. The van der Waals surface area contributed by atoms with Crippen molar-refractivity contribution in [1.29, 1.82) is 0 Å². The first-order valence-electron chi connectivity index (χ1n) is 5.66. The second kappa shape index (κ2) is 5.52. The summed E-state index contributed by atoms with van der Waals surface area (Å²) in [4.78, 5) is 5.52. The summed E-state index contributed by atoms with van der Waals surface area (Å²) in [5.41, 5.74) is 6.56. The van der Waals surface area contributed by atoms with Gasteiger partial charge in [0.05, 0.1) is 5.69 Å². The van der Waals surface area contributed by atoms with Gasteiger partial charge in [-0.15, -0.1) is 11.8 Å². The van der Waals surface area contributed by atoms with Crippen LogP contribution in [-0.2, 0) is 6.54 Å². The Labute approximate surface area is 95.7 Å². The van der Waals surface area contributed by atoms with Gasteiger partial charge in [-0.05, 0) is 30.9 Å². The highest BCUT2D eigenvalue weighted by Gasteiger charge is 2.14. The molecule has 3 heteroatoms. The minimum Gasteiger partial charge on any atom is -0.325 e. The molecule has 1 aliphatic rings. The molecule has 0 bridgehead atoms. The van der Waals surface area contributed by atoms with Crippen molar-refractivity contribution in [2.75, 3.05) is 5.75 Å². The van der Waals surface area contributed by atoms with E-state index in [0.29, 0.717) is 6.54 Å². The zero-order chi connectivity index (χ0) is 10.5. The standard InChI is InChI=1S/C12H18N2S/c13-8-11-7-12(5-6-14-11)15-9-10-3-1-2-4-10/h5-7,10H,1-4,8-9,13H2. The van der Waals surface area contributed by atoms with Gasteiger partial charge >= 0.3 is 0 Å². The Morgan fingerprint density at radius 2 is 2.20 bits per heavy atom. The minimum absolute atomic E-state index is 0.540. The van der Waals surface area contributed by atoms with Gasteiger partial charge in [0, 0.05) is 23.4 Å². The predicted molar refractivity (Wildman–Crippen MR) is 64.8 cm³/mol. The average molecular weight is 222 g/mol. The second-order valence-corrected chi connectivity index (χ2v) is 5.24. The highest BCUT2D eigenvalue weighted by molar-refractivity contribution is 7.99. The highest BCUT2D eigenvalue weighted by atomic mass is 32.2. The van der Waals surface area contributed by atoms with Gasteiger partial charge in [-0.2, -0.15) is 0 Å². The number of hydrogen-bond donors (Lipinski definition) is 1. The van der Waals surface area contributed by atoms with Crippen molar-refractivity contribution >= 4 is 11.8 Å². The van der Waals surface area contributed by atoms with Crippen molar-refractivity contribution in [2.45, 2.75) is 37.1 Å². The first kappa shape index (κ1) is 11.0. The van der Waals surface area contributed by atoms with E-state index >= 15 is 0 Å². The van der Waals surface area contributed by atoms with Gasteiger partial charge in [0.15, 0.2) is 0 Å². The summed E-state index contributed by atoms with van der Waals surface area (Å²) in [7, 11) is 0. The Morgan fingerprint density at radius 3 is 2.93 bits per heavy atom. The fraction of sp³-hybridized carbons (Fsp3) is 0.583. The van der Waals surface area contributed by atoms with Crippen LogP contribution in [-0.4, -0.2) is 10.7 Å². The normalized spacial score (nSPS) is 17.1. The zero-order valence-corrected chi connectivity index (χ0v) is 9.80. The molecular formula is C12H18N2S. The highest BCUT2D eigenvalue weighted by Crippen LogP contribution is 2.30. The van der Waals surface area contributed by atoms with Gasteiger partial charge in [0.1, 0.15) is 0 Å². The number of pyridine rings is 1. The Kier molecular flexibility index (Phi) is 4.03. The lowest BCUT2D eigenvalue weighted by molar-refractivity contribution is 0.623. The SMILES string of the molecule is NCc1cc(SCC2CCCC2)ccn1. The van der Waals surface area contributed by atoms with Crippen molar-refractivity contribution in [1.82, 2.24) is 4.98 Å². The number of rotatable bonds is 4. The molecule has 0 aliphatic heterocycles. The molecule has 1 aromatic rings. The van der Waals surface area contributed by atoms with Crippen LogP contribution in [0.2, 0.25) is 0 Å². The van der Waals surface area contributed by atoms with E-state index in [-0.39, 0.29) is 0 Å². The van der Waals surface area contributed by atoms with Crippen LogP contribution in [0.25, 0.3) is 0 Å². The minimum atomic E-state index is 0.540.